The molecule has 0 spiro atoms. The Labute approximate surface area is 70.4 Å². The lowest BCUT2D eigenvalue weighted by molar-refractivity contribution is -0.129. The predicted molar refractivity (Wildman–Crippen MR) is 42.1 cm³/mol. The van der Waals surface area contributed by atoms with E-state index in [4.69, 9.17) is 10.5 Å². The highest BCUT2D eigenvalue weighted by molar-refractivity contribution is 6.01. The Balaban J connectivity index is 2.91. The zero-order chi connectivity index (χ0) is 9.35. The van der Waals surface area contributed by atoms with E-state index in [0.717, 1.165) is 6.08 Å². The van der Waals surface area contributed by atoms with Crippen LogP contribution in [-0.2, 0) is 14.3 Å². The third kappa shape index (κ3) is 1.84. The number of hydrogen-bond acceptors (Lipinski definition) is 3. The third-order valence-corrected chi connectivity index (χ3v) is 1.52. The molecule has 0 unspecified atom stereocenters. The van der Waals surface area contributed by atoms with Crippen molar-refractivity contribution in [3.8, 4) is 0 Å². The molecule has 0 aromatic rings. The third-order valence-electron chi connectivity index (χ3n) is 1.52. The van der Waals surface area contributed by atoms with Gasteiger partial charge in [-0.1, -0.05) is 0 Å². The van der Waals surface area contributed by atoms with Gasteiger partial charge in [0.05, 0.1) is 0 Å². The second kappa shape index (κ2) is 2.62. The lowest BCUT2D eigenvalue weighted by Gasteiger charge is -2.28. The van der Waals surface area contributed by atoms with Gasteiger partial charge in [0.15, 0.2) is 11.5 Å². The molecule has 0 aromatic carbocycles. The molecule has 2 N–H and O–H groups in total. The quantitative estimate of drug-likeness (QED) is 0.606. The molecule has 1 aliphatic rings. The molecule has 0 aromatic heterocycles. The SMILES string of the molecule is CC1(C)CC(=O)C=C(C(N)=O)O1. The van der Waals surface area contributed by atoms with Crippen molar-refractivity contribution in [1.29, 1.82) is 0 Å². The van der Waals surface area contributed by atoms with Crippen LogP contribution in [0.4, 0.5) is 0 Å². The number of ether oxygens (including phenoxy) is 1. The van der Waals surface area contributed by atoms with Crippen LogP contribution in [0, 0.1) is 0 Å². The van der Waals surface area contributed by atoms with E-state index in [-0.39, 0.29) is 18.0 Å². The molecule has 4 heteroatoms. The standard InChI is InChI=1S/C8H11NO3/c1-8(2)4-5(10)3-6(12-8)7(9)11/h3H,4H2,1-2H3,(H2,9,11). The molecule has 0 bridgehead atoms. The van der Waals surface area contributed by atoms with Crippen LogP contribution in [0.2, 0.25) is 0 Å². The molecule has 4 nitrogen and oxygen atoms in total. The van der Waals surface area contributed by atoms with Crippen molar-refractivity contribution in [3.63, 3.8) is 0 Å². The van der Waals surface area contributed by atoms with E-state index in [2.05, 4.69) is 0 Å². The Kier molecular flexibility index (Phi) is 1.92. The van der Waals surface area contributed by atoms with E-state index in [1.165, 1.54) is 0 Å². The van der Waals surface area contributed by atoms with Gasteiger partial charge in [0.1, 0.15) is 5.60 Å². The van der Waals surface area contributed by atoms with E-state index < -0.39 is 11.5 Å². The number of carbonyl (C=O) groups excluding carboxylic acids is 2. The van der Waals surface area contributed by atoms with Crippen LogP contribution < -0.4 is 5.73 Å². The number of hydrogen-bond donors (Lipinski definition) is 1. The summed E-state index contributed by atoms with van der Waals surface area (Å²) in [6, 6.07) is 0. The zero-order valence-electron chi connectivity index (χ0n) is 7.09. The van der Waals surface area contributed by atoms with Gasteiger partial charge in [0.2, 0.25) is 0 Å². The topological polar surface area (TPSA) is 69.4 Å². The molecule has 0 atom stereocenters. The summed E-state index contributed by atoms with van der Waals surface area (Å²) < 4.78 is 5.17. The van der Waals surface area contributed by atoms with E-state index in [1.807, 2.05) is 0 Å². The second-order valence-corrected chi connectivity index (χ2v) is 3.38. The Morgan fingerprint density at radius 1 is 1.67 bits per heavy atom. The highest BCUT2D eigenvalue weighted by Crippen LogP contribution is 2.23. The number of allylic oxidation sites excluding steroid dienone is 1. The second-order valence-electron chi connectivity index (χ2n) is 3.38. The number of carbonyl (C=O) groups is 2. The monoisotopic (exact) mass is 169 g/mol. The van der Waals surface area contributed by atoms with E-state index in [1.54, 1.807) is 13.8 Å². The molecule has 0 radical (unpaired) electrons. The minimum atomic E-state index is -0.698. The van der Waals surface area contributed by atoms with Gasteiger partial charge in [-0.25, -0.2) is 0 Å². The summed E-state index contributed by atoms with van der Waals surface area (Å²) in [5.41, 5.74) is 4.35. The lowest BCUT2D eigenvalue weighted by Crippen LogP contribution is -2.35. The molecule has 1 aliphatic heterocycles. The summed E-state index contributed by atoms with van der Waals surface area (Å²) in [6.45, 7) is 3.47. The van der Waals surface area contributed by atoms with Gasteiger partial charge in [-0.2, -0.15) is 0 Å². The Bertz CT molecular complexity index is 265. The van der Waals surface area contributed by atoms with Gasteiger partial charge in [0.25, 0.3) is 5.91 Å². The molecule has 66 valence electrons. The summed E-state index contributed by atoms with van der Waals surface area (Å²) in [5, 5.41) is 0. The van der Waals surface area contributed by atoms with Gasteiger partial charge < -0.3 is 10.5 Å². The maximum absolute atomic E-state index is 11.0. The predicted octanol–water partition coefficient (Wildman–Crippen LogP) is 0.124. The first-order valence-corrected chi connectivity index (χ1v) is 3.64. The van der Waals surface area contributed by atoms with Crippen LogP contribution in [0.15, 0.2) is 11.8 Å². The summed E-state index contributed by atoms with van der Waals surface area (Å²) in [7, 11) is 0. The number of amides is 1. The average molecular weight is 169 g/mol. The summed E-state index contributed by atoms with van der Waals surface area (Å²) >= 11 is 0. The minimum Gasteiger partial charge on any atom is -0.482 e. The number of ketones is 1. The fraction of sp³-hybridized carbons (Fsp3) is 0.500. The Morgan fingerprint density at radius 2 is 2.25 bits per heavy atom. The highest BCUT2D eigenvalue weighted by atomic mass is 16.5. The van der Waals surface area contributed by atoms with E-state index in [0.29, 0.717) is 0 Å². The lowest BCUT2D eigenvalue weighted by atomic mass is 9.98. The van der Waals surface area contributed by atoms with Crippen molar-refractivity contribution in [2.45, 2.75) is 25.9 Å². The van der Waals surface area contributed by atoms with Crippen molar-refractivity contribution in [1.82, 2.24) is 0 Å². The molecule has 0 aliphatic carbocycles. The van der Waals surface area contributed by atoms with Crippen LogP contribution >= 0.6 is 0 Å². The molecule has 12 heavy (non-hydrogen) atoms. The fourth-order valence-corrected chi connectivity index (χ4v) is 1.10. The molecule has 0 saturated carbocycles. The summed E-state index contributed by atoms with van der Waals surface area (Å²) in [6.07, 6.45) is 1.43. The molecular formula is C8H11NO3. The van der Waals surface area contributed by atoms with Gasteiger partial charge in [0, 0.05) is 12.5 Å². The first-order valence-electron chi connectivity index (χ1n) is 3.64. The van der Waals surface area contributed by atoms with Crippen molar-refractivity contribution < 1.29 is 14.3 Å². The van der Waals surface area contributed by atoms with Crippen LogP contribution in [0.5, 0.6) is 0 Å². The van der Waals surface area contributed by atoms with Crippen LogP contribution in [0.3, 0.4) is 0 Å². The van der Waals surface area contributed by atoms with Crippen LogP contribution in [0.1, 0.15) is 20.3 Å². The highest BCUT2D eigenvalue weighted by Gasteiger charge is 2.30. The van der Waals surface area contributed by atoms with Crippen molar-refractivity contribution >= 4 is 11.7 Å². The van der Waals surface area contributed by atoms with E-state index in [9.17, 15) is 9.59 Å². The first-order chi connectivity index (χ1) is 5.41. The number of rotatable bonds is 1. The normalized spacial score (nSPS) is 21.2. The largest absolute Gasteiger partial charge is 0.482 e. The van der Waals surface area contributed by atoms with Gasteiger partial charge in [-0.15, -0.1) is 0 Å². The summed E-state index contributed by atoms with van der Waals surface area (Å²) in [4.78, 5) is 21.7. The fourth-order valence-electron chi connectivity index (χ4n) is 1.10. The number of primary amides is 1. The molecule has 1 heterocycles. The summed E-state index contributed by atoms with van der Waals surface area (Å²) in [5.74, 6) is -0.868. The zero-order valence-corrected chi connectivity index (χ0v) is 7.09. The van der Waals surface area contributed by atoms with Gasteiger partial charge in [-0.05, 0) is 13.8 Å². The molecular weight excluding hydrogens is 158 g/mol. The molecule has 0 saturated heterocycles. The van der Waals surface area contributed by atoms with Gasteiger partial charge in [-0.3, -0.25) is 9.59 Å². The maximum Gasteiger partial charge on any atom is 0.283 e. The Hall–Kier alpha value is -1.32. The number of nitrogens with two attached hydrogens (primary N) is 1. The van der Waals surface area contributed by atoms with E-state index >= 15 is 0 Å². The molecule has 1 rings (SSSR count). The van der Waals surface area contributed by atoms with Crippen LogP contribution in [-0.4, -0.2) is 17.3 Å². The van der Waals surface area contributed by atoms with Crippen molar-refractivity contribution in [2.75, 3.05) is 0 Å². The van der Waals surface area contributed by atoms with Crippen molar-refractivity contribution in [2.24, 2.45) is 5.73 Å². The van der Waals surface area contributed by atoms with Crippen LogP contribution in [0.25, 0.3) is 0 Å². The maximum atomic E-state index is 11.0. The molecule has 1 amide bonds. The van der Waals surface area contributed by atoms with Crippen molar-refractivity contribution in [3.05, 3.63) is 11.8 Å². The molecule has 0 fully saturated rings. The van der Waals surface area contributed by atoms with Gasteiger partial charge >= 0.3 is 0 Å². The smallest absolute Gasteiger partial charge is 0.283 e. The first kappa shape index (κ1) is 8.77. The average Bonchev–Trinajstić information content (AvgIpc) is 1.82. The Morgan fingerprint density at radius 3 is 2.67 bits per heavy atom. The minimum absolute atomic E-state index is 0.0451.